The van der Waals surface area contributed by atoms with E-state index in [9.17, 15) is 0 Å². The number of benzene rings is 1. The number of halogens is 7. The molecule has 1 aromatic carbocycles. The van der Waals surface area contributed by atoms with Gasteiger partial charge in [0, 0.05) is 3.57 Å². The topological polar surface area (TPSA) is 0 Å². The Morgan fingerprint density at radius 2 is 1.10 bits per heavy atom. The minimum absolute atomic E-state index is 0.692. The average molecular weight is 555 g/mol. The van der Waals surface area contributed by atoms with Crippen LogP contribution < -0.4 is 0 Å². The highest BCUT2D eigenvalue weighted by Crippen LogP contribution is 2.29. The third-order valence-corrected chi connectivity index (χ3v) is 8.73. The number of hydrogen-bond acceptors (Lipinski definition) is 0. The van der Waals surface area contributed by atoms with Gasteiger partial charge in [-0.25, -0.2) is 0 Å². The first-order chi connectivity index (χ1) is 9.55. The second-order valence-electron chi connectivity index (χ2n) is 4.91. The van der Waals surface area contributed by atoms with Gasteiger partial charge < -0.3 is 0 Å². The molecule has 0 aliphatic heterocycles. The number of hydrogen-bond donors (Lipinski definition) is 0. The molecule has 0 bridgehead atoms. The van der Waals surface area contributed by atoms with Crippen molar-refractivity contribution in [1.82, 2.24) is 0 Å². The molecule has 0 aliphatic rings. The van der Waals surface area contributed by atoms with E-state index in [-0.39, 0.29) is 0 Å². The van der Waals surface area contributed by atoms with E-state index >= 15 is 0 Å². The summed E-state index contributed by atoms with van der Waals surface area (Å²) in [6.07, 6.45) is 3.68. The average Bonchev–Trinajstić information content (AvgIpc) is 2.24. The molecule has 0 saturated carbocycles. The Morgan fingerprint density at radius 1 is 0.714 bits per heavy atom. The second-order valence-corrected chi connectivity index (χ2v) is 24.7. The van der Waals surface area contributed by atoms with Gasteiger partial charge in [0.1, 0.15) is 0 Å². The molecule has 0 amide bonds. The van der Waals surface area contributed by atoms with Crippen molar-refractivity contribution in [3.05, 3.63) is 32.9 Å². The summed E-state index contributed by atoms with van der Waals surface area (Å²) in [6.45, 7) is 0. The van der Waals surface area contributed by atoms with Crippen molar-refractivity contribution in [2.24, 2.45) is 0 Å². The fourth-order valence-electron chi connectivity index (χ4n) is 1.99. The summed E-state index contributed by atoms with van der Waals surface area (Å²) in [4.78, 5) is 0. The highest BCUT2D eigenvalue weighted by molar-refractivity contribution is 14.1. The van der Waals surface area contributed by atoms with Crippen LogP contribution in [-0.2, 0) is 12.8 Å². The van der Waals surface area contributed by atoms with Gasteiger partial charge in [-0.3, -0.25) is 0 Å². The van der Waals surface area contributed by atoms with Gasteiger partial charge in [-0.1, -0.05) is 6.07 Å². The van der Waals surface area contributed by atoms with Gasteiger partial charge in [-0.05, 0) is 83.6 Å². The summed E-state index contributed by atoms with van der Waals surface area (Å²) in [5.74, 6) is 0. The Bertz CT molecular complexity index is 420. The third kappa shape index (κ3) is 11.3. The molecule has 0 aliphatic carbocycles. The Morgan fingerprint density at radius 3 is 1.43 bits per heavy atom. The number of rotatable bonds is 8. The molecular formula is C12H15Cl6ISi2. The zero-order valence-electron chi connectivity index (χ0n) is 11.1. The van der Waals surface area contributed by atoms with Gasteiger partial charge in [0.25, 0.3) is 0 Å². The first-order valence-electron chi connectivity index (χ1n) is 6.47. The van der Waals surface area contributed by atoms with Crippen molar-refractivity contribution >= 4 is 101 Å². The lowest BCUT2D eigenvalue weighted by Gasteiger charge is -2.10. The first-order valence-corrected chi connectivity index (χ1v) is 18.0. The Labute approximate surface area is 170 Å². The van der Waals surface area contributed by atoms with Gasteiger partial charge in [-0.15, -0.1) is 66.5 Å². The fourth-order valence-corrected chi connectivity index (χ4v) is 6.35. The maximum absolute atomic E-state index is 5.91. The molecule has 0 atom stereocenters. The first kappa shape index (κ1) is 21.2. The summed E-state index contributed by atoms with van der Waals surface area (Å²) in [7, 11) is 0. The molecule has 0 unspecified atom stereocenters. The zero-order chi connectivity index (χ0) is 16.1. The van der Waals surface area contributed by atoms with Crippen LogP contribution in [0.5, 0.6) is 0 Å². The van der Waals surface area contributed by atoms with Crippen LogP contribution in [0.4, 0.5) is 0 Å². The molecule has 21 heavy (non-hydrogen) atoms. The summed E-state index contributed by atoms with van der Waals surface area (Å²) in [6, 6.07) is 2.93. The largest absolute Gasteiger partial charge is 0.341 e. The van der Waals surface area contributed by atoms with E-state index in [1.807, 2.05) is 0 Å². The third-order valence-electron chi connectivity index (χ3n) is 2.87. The van der Waals surface area contributed by atoms with Gasteiger partial charge in [0.2, 0.25) is 0 Å². The Kier molecular flexibility index (Phi) is 9.64. The van der Waals surface area contributed by atoms with Crippen LogP contribution in [0.2, 0.25) is 12.1 Å². The summed E-state index contributed by atoms with van der Waals surface area (Å²) >= 11 is 37.8. The molecule has 0 fully saturated rings. The van der Waals surface area contributed by atoms with E-state index in [4.69, 9.17) is 66.5 Å². The van der Waals surface area contributed by atoms with E-state index in [0.29, 0.717) is 12.1 Å². The van der Waals surface area contributed by atoms with E-state index in [1.54, 1.807) is 0 Å². The zero-order valence-corrected chi connectivity index (χ0v) is 19.8. The predicted molar refractivity (Wildman–Crippen MR) is 112 cm³/mol. The van der Waals surface area contributed by atoms with Crippen LogP contribution >= 0.6 is 89.1 Å². The van der Waals surface area contributed by atoms with Crippen molar-refractivity contribution < 1.29 is 0 Å². The minimum atomic E-state index is -2.50. The molecule has 0 spiro atoms. The Balaban J connectivity index is 2.55. The molecule has 1 rings (SSSR count). The summed E-state index contributed by atoms with van der Waals surface area (Å²) in [5, 5.41) is 0. The monoisotopic (exact) mass is 552 g/mol. The van der Waals surface area contributed by atoms with Crippen molar-refractivity contribution in [3.8, 4) is 0 Å². The van der Waals surface area contributed by atoms with E-state index in [1.165, 1.54) is 14.7 Å². The summed E-state index contributed by atoms with van der Waals surface area (Å²) < 4.78 is 1.22. The van der Waals surface area contributed by atoms with Crippen LogP contribution in [0.3, 0.4) is 0 Å². The highest BCUT2D eigenvalue weighted by Gasteiger charge is 2.24. The van der Waals surface area contributed by atoms with Crippen molar-refractivity contribution in [1.29, 1.82) is 0 Å². The highest BCUT2D eigenvalue weighted by atomic mass is 127. The second kappa shape index (κ2) is 9.57. The van der Waals surface area contributed by atoms with Crippen LogP contribution in [-0.4, -0.2) is 12.0 Å². The quantitative estimate of drug-likeness (QED) is 0.178. The predicted octanol–water partition coefficient (Wildman–Crippen LogP) is 7.47. The lowest BCUT2D eigenvalue weighted by atomic mass is 10.0. The normalized spacial score (nSPS) is 12.7. The summed E-state index contributed by atoms with van der Waals surface area (Å²) in [5.41, 5.74) is 2.57. The van der Waals surface area contributed by atoms with Crippen LogP contribution in [0, 0.1) is 3.57 Å². The van der Waals surface area contributed by atoms with Crippen LogP contribution in [0.15, 0.2) is 18.2 Å². The molecule has 0 radical (unpaired) electrons. The van der Waals surface area contributed by atoms with E-state index < -0.39 is 12.0 Å². The lowest BCUT2D eigenvalue weighted by Crippen LogP contribution is -2.09. The maximum atomic E-state index is 5.91. The molecule has 120 valence electrons. The standard InChI is InChI=1S/C12H15Cl6ISi2/c13-20(14,15)5-1-3-10-7-11(9-12(19)8-10)4-2-6-21(16,17)18/h7-9H,1-6H2. The van der Waals surface area contributed by atoms with Crippen LogP contribution in [0.1, 0.15) is 24.0 Å². The van der Waals surface area contributed by atoms with Gasteiger partial charge in [0.15, 0.2) is 0 Å². The molecule has 1 aromatic rings. The molecule has 0 N–H and O–H groups in total. The van der Waals surface area contributed by atoms with Crippen molar-refractivity contribution in [2.75, 3.05) is 0 Å². The molecule has 0 nitrogen and oxygen atoms in total. The van der Waals surface area contributed by atoms with Gasteiger partial charge >= 0.3 is 12.0 Å². The van der Waals surface area contributed by atoms with Gasteiger partial charge in [0.05, 0.1) is 0 Å². The molecular weight excluding hydrogens is 540 g/mol. The van der Waals surface area contributed by atoms with Crippen molar-refractivity contribution in [2.45, 2.75) is 37.8 Å². The van der Waals surface area contributed by atoms with Crippen LogP contribution in [0.25, 0.3) is 0 Å². The minimum Gasteiger partial charge on any atom is -0.126 e. The fraction of sp³-hybridized carbons (Fsp3) is 0.500. The smallest absolute Gasteiger partial charge is 0.126 e. The van der Waals surface area contributed by atoms with Crippen molar-refractivity contribution in [3.63, 3.8) is 0 Å². The molecule has 0 aromatic heterocycles. The number of aryl methyl sites for hydroxylation is 2. The Hall–Kier alpha value is 2.12. The molecule has 0 heterocycles. The van der Waals surface area contributed by atoms with E-state index in [0.717, 1.165) is 25.7 Å². The lowest BCUT2D eigenvalue weighted by molar-refractivity contribution is 0.887. The van der Waals surface area contributed by atoms with Gasteiger partial charge in [-0.2, -0.15) is 0 Å². The molecule has 0 saturated heterocycles. The maximum Gasteiger partial charge on any atom is 0.341 e. The molecule has 9 heteroatoms. The van der Waals surface area contributed by atoms with E-state index in [2.05, 4.69) is 40.8 Å². The SMILES string of the molecule is Cl[Si](Cl)(Cl)CCCc1cc(I)cc(CCC[Si](Cl)(Cl)Cl)c1.